The van der Waals surface area contributed by atoms with Gasteiger partial charge in [-0.25, -0.2) is 0 Å². The molecule has 0 saturated carbocycles. The van der Waals surface area contributed by atoms with Crippen LogP contribution in [0.25, 0.3) is 10.9 Å². The van der Waals surface area contributed by atoms with Gasteiger partial charge in [-0.15, -0.1) is 0 Å². The number of aryl methyl sites for hydroxylation is 1. The Balaban J connectivity index is 1.64. The first kappa shape index (κ1) is 18.7. The monoisotopic (exact) mass is 400 g/mol. The van der Waals surface area contributed by atoms with E-state index >= 15 is 0 Å². The highest BCUT2D eigenvalue weighted by Gasteiger charge is 2.32. The predicted molar refractivity (Wildman–Crippen MR) is 99.5 cm³/mol. The normalized spacial score (nSPS) is 11.7. The number of halogens is 3. The Morgan fingerprint density at radius 3 is 2.62 bits per heavy atom. The van der Waals surface area contributed by atoms with Gasteiger partial charge < -0.3 is 9.73 Å². The lowest BCUT2D eigenvalue weighted by Crippen LogP contribution is -2.13. The molecule has 0 aliphatic carbocycles. The average molecular weight is 400 g/mol. The van der Waals surface area contributed by atoms with E-state index < -0.39 is 11.9 Å². The fourth-order valence-corrected chi connectivity index (χ4v) is 2.99. The molecule has 6 nitrogen and oxygen atoms in total. The summed E-state index contributed by atoms with van der Waals surface area (Å²) in [4.78, 5) is 16.0. The molecule has 0 atom stereocenters. The zero-order valence-corrected chi connectivity index (χ0v) is 15.2. The standard InChI is InChI=1S/C20H15F3N4O2/c1-12-14(8-9-29-12)19(28)25-18-15-4-2-3-5-16(15)27(26-18)11-13-6-7-17(24-10-13)20(21,22)23/h2-10H,11H2,1H3,(H,25,26,28). The molecule has 3 aromatic heterocycles. The third-order valence-electron chi connectivity index (χ3n) is 4.44. The van der Waals surface area contributed by atoms with Crippen LogP contribution < -0.4 is 5.32 Å². The highest BCUT2D eigenvalue weighted by atomic mass is 19.4. The van der Waals surface area contributed by atoms with Crippen molar-refractivity contribution in [1.29, 1.82) is 0 Å². The molecule has 0 aliphatic heterocycles. The molecule has 1 amide bonds. The summed E-state index contributed by atoms with van der Waals surface area (Å²) in [7, 11) is 0. The second-order valence-electron chi connectivity index (χ2n) is 6.42. The minimum absolute atomic E-state index is 0.201. The van der Waals surface area contributed by atoms with E-state index in [1.165, 1.54) is 18.5 Å². The molecule has 0 saturated heterocycles. The first-order valence-corrected chi connectivity index (χ1v) is 8.66. The van der Waals surface area contributed by atoms with E-state index in [4.69, 9.17) is 4.42 Å². The third kappa shape index (κ3) is 3.71. The lowest BCUT2D eigenvalue weighted by atomic mass is 10.2. The molecule has 4 aromatic rings. The molecule has 0 fully saturated rings. The summed E-state index contributed by atoms with van der Waals surface area (Å²) < 4.78 is 44.9. The number of hydrogen-bond donors (Lipinski definition) is 1. The number of alkyl halides is 3. The molecule has 4 rings (SSSR count). The molecule has 29 heavy (non-hydrogen) atoms. The Kier molecular flexibility index (Phi) is 4.57. The first-order valence-electron chi connectivity index (χ1n) is 8.66. The quantitative estimate of drug-likeness (QED) is 0.541. The zero-order chi connectivity index (χ0) is 20.6. The first-order chi connectivity index (χ1) is 13.8. The van der Waals surface area contributed by atoms with Crippen molar-refractivity contribution >= 4 is 22.6 Å². The summed E-state index contributed by atoms with van der Waals surface area (Å²) in [6.07, 6.45) is -1.88. The largest absolute Gasteiger partial charge is 0.469 e. The summed E-state index contributed by atoms with van der Waals surface area (Å²) in [5, 5.41) is 7.92. The van der Waals surface area contributed by atoms with Crippen LogP contribution in [0.4, 0.5) is 19.0 Å². The van der Waals surface area contributed by atoms with Gasteiger partial charge in [-0.3, -0.25) is 14.5 Å². The maximum atomic E-state index is 12.7. The van der Waals surface area contributed by atoms with Crippen LogP contribution in [0, 0.1) is 6.92 Å². The van der Waals surface area contributed by atoms with Gasteiger partial charge in [0.05, 0.1) is 23.9 Å². The van der Waals surface area contributed by atoms with Crippen molar-refractivity contribution in [3.63, 3.8) is 0 Å². The van der Waals surface area contributed by atoms with Gasteiger partial charge in [0.1, 0.15) is 11.5 Å². The minimum Gasteiger partial charge on any atom is -0.469 e. The van der Waals surface area contributed by atoms with E-state index in [2.05, 4.69) is 15.4 Å². The van der Waals surface area contributed by atoms with E-state index in [1.54, 1.807) is 17.7 Å². The summed E-state index contributed by atoms with van der Waals surface area (Å²) in [6, 6.07) is 11.1. The van der Waals surface area contributed by atoms with Crippen LogP contribution in [0.15, 0.2) is 59.3 Å². The van der Waals surface area contributed by atoms with Crippen LogP contribution in [0.2, 0.25) is 0 Å². The van der Waals surface area contributed by atoms with Crippen molar-refractivity contribution in [2.45, 2.75) is 19.6 Å². The molecule has 0 bridgehead atoms. The summed E-state index contributed by atoms with van der Waals surface area (Å²) in [6.45, 7) is 1.88. The van der Waals surface area contributed by atoms with Crippen molar-refractivity contribution < 1.29 is 22.4 Å². The van der Waals surface area contributed by atoms with Crippen LogP contribution in [0.5, 0.6) is 0 Å². The van der Waals surface area contributed by atoms with Gasteiger partial charge in [-0.2, -0.15) is 18.3 Å². The van der Waals surface area contributed by atoms with Crippen molar-refractivity contribution in [1.82, 2.24) is 14.8 Å². The van der Waals surface area contributed by atoms with Crippen LogP contribution in [-0.4, -0.2) is 20.7 Å². The molecule has 3 heterocycles. The molecule has 0 unspecified atom stereocenters. The molecule has 0 aliphatic rings. The topological polar surface area (TPSA) is 73.0 Å². The summed E-state index contributed by atoms with van der Waals surface area (Å²) in [5.41, 5.74) is 0.729. The van der Waals surface area contributed by atoms with E-state index in [0.29, 0.717) is 28.1 Å². The smallest absolute Gasteiger partial charge is 0.433 e. The number of carbonyl (C=O) groups excluding carboxylic acids is 1. The number of benzene rings is 1. The Labute approximate surface area is 163 Å². The number of carbonyl (C=O) groups is 1. The molecule has 1 N–H and O–H groups in total. The number of pyridine rings is 1. The number of fused-ring (bicyclic) bond motifs is 1. The Bertz CT molecular complexity index is 1180. The average Bonchev–Trinajstić information content (AvgIpc) is 3.26. The van der Waals surface area contributed by atoms with Gasteiger partial charge >= 0.3 is 6.18 Å². The predicted octanol–water partition coefficient (Wildman–Crippen LogP) is 4.65. The number of hydrogen-bond acceptors (Lipinski definition) is 4. The second kappa shape index (κ2) is 7.08. The maximum absolute atomic E-state index is 12.7. The number of furan rings is 1. The Morgan fingerprint density at radius 1 is 1.17 bits per heavy atom. The van der Waals surface area contributed by atoms with Crippen molar-refractivity contribution in [3.8, 4) is 0 Å². The van der Waals surface area contributed by atoms with Crippen LogP contribution in [0.3, 0.4) is 0 Å². The third-order valence-corrected chi connectivity index (χ3v) is 4.44. The number of para-hydroxylation sites is 1. The highest BCUT2D eigenvalue weighted by molar-refractivity contribution is 6.08. The number of aromatic nitrogens is 3. The van der Waals surface area contributed by atoms with Gasteiger partial charge in [-0.1, -0.05) is 18.2 Å². The summed E-state index contributed by atoms with van der Waals surface area (Å²) in [5.74, 6) is 0.482. The number of anilines is 1. The van der Waals surface area contributed by atoms with E-state index in [-0.39, 0.29) is 12.5 Å². The molecule has 9 heteroatoms. The molecule has 0 spiro atoms. The van der Waals surface area contributed by atoms with Gasteiger partial charge in [-0.05, 0) is 36.8 Å². The Hall–Kier alpha value is -3.62. The van der Waals surface area contributed by atoms with Gasteiger partial charge in [0, 0.05) is 11.6 Å². The number of nitrogens with zero attached hydrogens (tertiary/aromatic N) is 3. The lowest BCUT2D eigenvalue weighted by molar-refractivity contribution is -0.141. The fraction of sp³-hybridized carbons (Fsp3) is 0.150. The summed E-state index contributed by atoms with van der Waals surface area (Å²) >= 11 is 0. The van der Waals surface area contributed by atoms with Crippen molar-refractivity contribution in [2.75, 3.05) is 5.32 Å². The maximum Gasteiger partial charge on any atom is 0.433 e. The molecular formula is C20H15F3N4O2. The van der Waals surface area contributed by atoms with Crippen molar-refractivity contribution in [3.05, 3.63) is 77.5 Å². The minimum atomic E-state index is -4.49. The zero-order valence-electron chi connectivity index (χ0n) is 15.2. The van der Waals surface area contributed by atoms with E-state index in [0.717, 1.165) is 11.6 Å². The number of rotatable bonds is 4. The van der Waals surface area contributed by atoms with Crippen LogP contribution in [0.1, 0.15) is 27.4 Å². The number of amides is 1. The van der Waals surface area contributed by atoms with E-state index in [1.807, 2.05) is 24.3 Å². The van der Waals surface area contributed by atoms with Crippen molar-refractivity contribution in [2.24, 2.45) is 0 Å². The molecular weight excluding hydrogens is 385 g/mol. The highest BCUT2D eigenvalue weighted by Crippen LogP contribution is 2.28. The SMILES string of the molecule is Cc1occc1C(=O)Nc1nn(Cc2ccc(C(F)(F)F)nc2)c2ccccc12. The Morgan fingerprint density at radius 2 is 1.97 bits per heavy atom. The van der Waals surface area contributed by atoms with Gasteiger partial charge in [0.2, 0.25) is 0 Å². The second-order valence-corrected chi connectivity index (χ2v) is 6.42. The number of nitrogens with one attached hydrogen (secondary N) is 1. The fourth-order valence-electron chi connectivity index (χ4n) is 2.99. The lowest BCUT2D eigenvalue weighted by Gasteiger charge is -2.07. The van der Waals surface area contributed by atoms with Crippen LogP contribution >= 0.6 is 0 Å². The van der Waals surface area contributed by atoms with Crippen LogP contribution in [-0.2, 0) is 12.7 Å². The van der Waals surface area contributed by atoms with Gasteiger partial charge in [0.25, 0.3) is 5.91 Å². The molecule has 1 aromatic carbocycles. The molecule has 148 valence electrons. The van der Waals surface area contributed by atoms with Gasteiger partial charge in [0.15, 0.2) is 5.82 Å². The molecule has 0 radical (unpaired) electrons. The van der Waals surface area contributed by atoms with E-state index in [9.17, 15) is 18.0 Å².